The molecule has 0 aliphatic heterocycles. The number of nitrogens with two attached hydrogens (primary N) is 2. The molecule has 0 aliphatic rings. The number of pyridine rings is 1. The van der Waals surface area contributed by atoms with Crippen molar-refractivity contribution < 1.29 is 9.59 Å². The van der Waals surface area contributed by atoms with Crippen molar-refractivity contribution >= 4 is 40.3 Å². The van der Waals surface area contributed by atoms with Gasteiger partial charge in [0, 0.05) is 29.9 Å². The highest BCUT2D eigenvalue weighted by atomic mass is 16.1. The van der Waals surface area contributed by atoms with Crippen molar-refractivity contribution in [1.82, 2.24) is 15.0 Å². The molecule has 0 bridgehead atoms. The monoisotopic (exact) mass is 365 g/mol. The van der Waals surface area contributed by atoms with Gasteiger partial charge in [-0.3, -0.25) is 14.8 Å². The Bertz CT molecular complexity index is 992. The Hall–Kier alpha value is -3.59. The minimum absolute atomic E-state index is 0.0125. The lowest BCUT2D eigenvalue weighted by Gasteiger charge is -2.24. The highest BCUT2D eigenvalue weighted by molar-refractivity contribution is 5.96. The Morgan fingerprint density at radius 1 is 1.30 bits per heavy atom. The SMILES string of the molecule is C[C@H](CC=O)N(N)c1cnc(C(N)=O)c(Nc2ccc3ccncc3c2)n1. The summed E-state index contributed by atoms with van der Waals surface area (Å²) in [5.74, 6) is 5.77. The zero-order valence-electron chi connectivity index (χ0n) is 14.7. The predicted molar refractivity (Wildman–Crippen MR) is 102 cm³/mol. The van der Waals surface area contributed by atoms with Gasteiger partial charge in [0.2, 0.25) is 0 Å². The Morgan fingerprint density at radius 3 is 2.85 bits per heavy atom. The average molecular weight is 365 g/mol. The fourth-order valence-corrected chi connectivity index (χ4v) is 2.55. The van der Waals surface area contributed by atoms with E-state index >= 15 is 0 Å². The van der Waals surface area contributed by atoms with E-state index in [0.29, 0.717) is 11.5 Å². The molecule has 0 aliphatic carbocycles. The van der Waals surface area contributed by atoms with Crippen molar-refractivity contribution in [3.05, 3.63) is 48.5 Å². The van der Waals surface area contributed by atoms with Crippen molar-refractivity contribution in [2.45, 2.75) is 19.4 Å². The molecule has 1 aromatic carbocycles. The topological polar surface area (TPSA) is 140 Å². The summed E-state index contributed by atoms with van der Waals surface area (Å²) in [5, 5.41) is 6.33. The second-order valence-electron chi connectivity index (χ2n) is 6.01. The molecule has 1 atom stereocenters. The number of nitrogens with zero attached hydrogens (tertiary/aromatic N) is 4. The number of hydrogen-bond acceptors (Lipinski definition) is 8. The minimum atomic E-state index is -0.719. The first-order chi connectivity index (χ1) is 13.0. The smallest absolute Gasteiger partial charge is 0.271 e. The summed E-state index contributed by atoms with van der Waals surface area (Å²) in [6.45, 7) is 1.78. The average Bonchev–Trinajstić information content (AvgIpc) is 2.67. The maximum absolute atomic E-state index is 11.7. The van der Waals surface area contributed by atoms with Crippen LogP contribution in [0.5, 0.6) is 0 Å². The lowest BCUT2D eigenvalue weighted by Crippen LogP contribution is -2.40. The number of primary amides is 1. The molecule has 0 spiro atoms. The molecule has 5 N–H and O–H groups in total. The lowest BCUT2D eigenvalue weighted by atomic mass is 10.1. The third-order valence-electron chi connectivity index (χ3n) is 4.07. The van der Waals surface area contributed by atoms with Crippen LogP contribution in [0, 0.1) is 0 Å². The first kappa shape index (κ1) is 18.2. The van der Waals surface area contributed by atoms with Crippen LogP contribution >= 0.6 is 0 Å². The zero-order chi connectivity index (χ0) is 19.4. The number of nitrogens with one attached hydrogen (secondary N) is 1. The van der Waals surface area contributed by atoms with Crippen LogP contribution in [0.4, 0.5) is 17.3 Å². The molecule has 1 amide bonds. The number of hydrogen-bond donors (Lipinski definition) is 3. The van der Waals surface area contributed by atoms with Gasteiger partial charge < -0.3 is 15.8 Å². The summed E-state index contributed by atoms with van der Waals surface area (Å²) >= 11 is 0. The van der Waals surface area contributed by atoms with Gasteiger partial charge in [-0.1, -0.05) is 6.07 Å². The summed E-state index contributed by atoms with van der Waals surface area (Å²) in [6.07, 6.45) is 5.80. The number of carbonyl (C=O) groups excluding carboxylic acids is 2. The molecule has 0 radical (unpaired) electrons. The third kappa shape index (κ3) is 3.98. The molecule has 2 aromatic heterocycles. The molecule has 0 fully saturated rings. The number of carbonyl (C=O) groups is 2. The van der Waals surface area contributed by atoms with Gasteiger partial charge in [-0.15, -0.1) is 0 Å². The van der Waals surface area contributed by atoms with E-state index in [0.717, 1.165) is 17.1 Å². The molecule has 9 heteroatoms. The third-order valence-corrected chi connectivity index (χ3v) is 4.07. The van der Waals surface area contributed by atoms with Gasteiger partial charge in [-0.2, -0.15) is 0 Å². The summed E-state index contributed by atoms with van der Waals surface area (Å²) in [4.78, 5) is 35.0. The van der Waals surface area contributed by atoms with Gasteiger partial charge in [0.15, 0.2) is 17.3 Å². The fraction of sp³-hybridized carbons (Fsp3) is 0.167. The molecule has 9 nitrogen and oxygen atoms in total. The predicted octanol–water partition coefficient (Wildman–Crippen LogP) is 1.52. The van der Waals surface area contributed by atoms with Crippen LogP contribution in [0.3, 0.4) is 0 Å². The molecule has 3 rings (SSSR count). The maximum atomic E-state index is 11.7. The highest BCUT2D eigenvalue weighted by Crippen LogP contribution is 2.24. The van der Waals surface area contributed by atoms with Crippen LogP contribution in [-0.2, 0) is 4.79 Å². The molecule has 0 saturated carbocycles. The normalized spacial score (nSPS) is 11.8. The summed E-state index contributed by atoms with van der Waals surface area (Å²) < 4.78 is 0. The minimum Gasteiger partial charge on any atom is -0.364 e. The first-order valence-corrected chi connectivity index (χ1v) is 8.25. The molecular weight excluding hydrogens is 346 g/mol. The summed E-state index contributed by atoms with van der Waals surface area (Å²) in [6, 6.07) is 7.25. The molecule has 27 heavy (non-hydrogen) atoms. The van der Waals surface area contributed by atoms with E-state index in [1.165, 1.54) is 11.2 Å². The van der Waals surface area contributed by atoms with Gasteiger partial charge in [-0.05, 0) is 30.5 Å². The van der Waals surface area contributed by atoms with Crippen molar-refractivity contribution in [2.24, 2.45) is 11.6 Å². The van der Waals surface area contributed by atoms with Crippen molar-refractivity contribution in [3.8, 4) is 0 Å². The van der Waals surface area contributed by atoms with Crippen LogP contribution < -0.4 is 21.9 Å². The maximum Gasteiger partial charge on any atom is 0.271 e. The first-order valence-electron chi connectivity index (χ1n) is 8.25. The quantitative estimate of drug-likeness (QED) is 0.325. The van der Waals surface area contributed by atoms with E-state index in [1.807, 2.05) is 24.3 Å². The number of aldehydes is 1. The number of benzene rings is 1. The van der Waals surface area contributed by atoms with E-state index < -0.39 is 5.91 Å². The summed E-state index contributed by atoms with van der Waals surface area (Å²) in [7, 11) is 0. The number of amides is 1. The molecule has 0 saturated heterocycles. The second-order valence-corrected chi connectivity index (χ2v) is 6.01. The molecular formula is C18H19N7O2. The number of hydrazine groups is 1. The lowest BCUT2D eigenvalue weighted by molar-refractivity contribution is -0.108. The van der Waals surface area contributed by atoms with Gasteiger partial charge in [0.25, 0.3) is 5.91 Å². The molecule has 3 aromatic rings. The summed E-state index contributed by atoms with van der Waals surface area (Å²) in [5.41, 5.74) is 6.09. The van der Waals surface area contributed by atoms with E-state index in [-0.39, 0.29) is 24.0 Å². The van der Waals surface area contributed by atoms with Gasteiger partial charge in [-0.25, -0.2) is 15.8 Å². The largest absolute Gasteiger partial charge is 0.364 e. The molecule has 2 heterocycles. The van der Waals surface area contributed by atoms with E-state index in [4.69, 9.17) is 11.6 Å². The number of anilines is 3. The van der Waals surface area contributed by atoms with Crippen LogP contribution in [0.2, 0.25) is 0 Å². The van der Waals surface area contributed by atoms with Crippen molar-refractivity contribution in [3.63, 3.8) is 0 Å². The van der Waals surface area contributed by atoms with Gasteiger partial charge in [0.05, 0.1) is 12.2 Å². The van der Waals surface area contributed by atoms with Crippen LogP contribution in [0.25, 0.3) is 10.8 Å². The van der Waals surface area contributed by atoms with Crippen LogP contribution in [0.15, 0.2) is 42.9 Å². The standard InChI is InChI=1S/C18H19N7O2/c1-11(5-7-26)25(20)15-10-22-16(17(19)27)18(24-15)23-14-3-2-12-4-6-21-9-13(12)8-14/h2-4,6-11H,5,20H2,1H3,(H2,19,27)(H,23,24)/t11-/m1/s1. The van der Waals surface area contributed by atoms with Gasteiger partial charge >= 0.3 is 0 Å². The number of rotatable bonds is 7. The Morgan fingerprint density at radius 2 is 2.11 bits per heavy atom. The Labute approximate surface area is 155 Å². The Kier molecular flexibility index (Phi) is 5.23. The fourth-order valence-electron chi connectivity index (χ4n) is 2.55. The highest BCUT2D eigenvalue weighted by Gasteiger charge is 2.18. The Balaban J connectivity index is 1.96. The van der Waals surface area contributed by atoms with E-state index in [2.05, 4.69) is 20.3 Å². The molecule has 138 valence electrons. The zero-order valence-corrected chi connectivity index (χ0v) is 14.7. The van der Waals surface area contributed by atoms with Gasteiger partial charge in [0.1, 0.15) is 6.29 Å². The van der Waals surface area contributed by atoms with Crippen molar-refractivity contribution in [2.75, 3.05) is 10.3 Å². The molecule has 0 unspecified atom stereocenters. The van der Waals surface area contributed by atoms with Crippen molar-refractivity contribution in [1.29, 1.82) is 0 Å². The van der Waals surface area contributed by atoms with E-state index in [9.17, 15) is 9.59 Å². The number of fused-ring (bicyclic) bond motifs is 1. The van der Waals surface area contributed by atoms with E-state index in [1.54, 1.807) is 19.3 Å². The van der Waals surface area contributed by atoms with Crippen LogP contribution in [0.1, 0.15) is 23.8 Å². The van der Waals surface area contributed by atoms with Crippen LogP contribution in [-0.4, -0.2) is 33.2 Å². The number of aromatic nitrogens is 3. The second kappa shape index (κ2) is 7.75.